The lowest BCUT2D eigenvalue weighted by Crippen LogP contribution is -2.58. The van der Waals surface area contributed by atoms with Gasteiger partial charge in [0.15, 0.2) is 105 Å². The van der Waals surface area contributed by atoms with Gasteiger partial charge in [0.25, 0.3) is 6.71 Å². The fourth-order valence-electron chi connectivity index (χ4n) is 6.46. The average Bonchev–Trinajstić information content (AvgIpc) is 3.11. The maximum absolute atomic E-state index is 16.3. The molecule has 19 heteroatoms. The van der Waals surface area contributed by atoms with E-state index in [2.05, 4.69) is 0 Å². The van der Waals surface area contributed by atoms with Gasteiger partial charge >= 0.3 is 0 Å². The van der Waals surface area contributed by atoms with E-state index in [1.54, 1.807) is 0 Å². The van der Waals surface area contributed by atoms with Crippen LogP contribution in [0.4, 0.5) is 79.0 Å². The van der Waals surface area contributed by atoms with Crippen molar-refractivity contribution in [2.75, 3.05) is 0 Å². The zero-order valence-electron chi connectivity index (χ0n) is 25.4. The molecule has 0 heterocycles. The molecule has 270 valence electrons. The van der Waals surface area contributed by atoms with Crippen LogP contribution in [0.3, 0.4) is 0 Å². The molecule has 0 saturated heterocycles. The van der Waals surface area contributed by atoms with E-state index < -0.39 is 177 Å². The van der Waals surface area contributed by atoms with Gasteiger partial charge in [0, 0.05) is 32.3 Å². The van der Waals surface area contributed by atoms with Gasteiger partial charge in [0.1, 0.15) is 0 Å². The summed E-state index contributed by atoms with van der Waals surface area (Å²) in [6.07, 6.45) is 0. The van der Waals surface area contributed by atoms with Crippen LogP contribution in [0.5, 0.6) is 0 Å². The number of fused-ring (bicyclic) bond motifs is 3. The van der Waals surface area contributed by atoms with Crippen molar-refractivity contribution < 1.29 is 79.0 Å². The summed E-state index contributed by atoms with van der Waals surface area (Å²) in [6.45, 7) is -2.72. The molecule has 6 aromatic carbocycles. The van der Waals surface area contributed by atoms with E-state index in [1.165, 1.54) is 0 Å². The summed E-state index contributed by atoms with van der Waals surface area (Å²) in [5.41, 5.74) is -11.5. The molecule has 0 fully saturated rings. The van der Waals surface area contributed by atoms with Crippen LogP contribution in [0.2, 0.25) is 0 Å². The van der Waals surface area contributed by atoms with E-state index in [9.17, 15) is 26.3 Å². The largest absolute Gasteiger partial charge is 0.255 e. The SMILES string of the molecule is Cc1c(F)c(F)c(B(c2c(F)c(F)c(C)c3c(F)c(F)c(F)c(F)c23)c2c(F)c(F)c(C)c3c(F)c(F)c(F)c(F)c23)c2c(F)c(F)c(F)c(F)c12. The zero-order chi connectivity index (χ0) is 38.9. The van der Waals surface area contributed by atoms with Gasteiger partial charge < -0.3 is 0 Å². The van der Waals surface area contributed by atoms with Crippen molar-refractivity contribution in [2.45, 2.75) is 20.8 Å². The number of rotatable bonds is 3. The molecular weight excluding hydrogens is 749 g/mol. The Hall–Kier alpha value is -5.10. The second-order valence-corrected chi connectivity index (χ2v) is 11.5. The molecule has 0 bridgehead atoms. The van der Waals surface area contributed by atoms with Crippen molar-refractivity contribution in [3.05, 3.63) is 121 Å². The van der Waals surface area contributed by atoms with Gasteiger partial charge in [-0.2, -0.15) is 0 Å². The Morgan fingerprint density at radius 1 is 0.212 bits per heavy atom. The average molecular weight is 758 g/mol. The Morgan fingerprint density at radius 3 is 0.577 bits per heavy atom. The molecular formula is C33H9BF18. The van der Waals surface area contributed by atoms with Crippen molar-refractivity contribution in [1.29, 1.82) is 0 Å². The lowest BCUT2D eigenvalue weighted by molar-refractivity contribution is 0.416. The summed E-state index contributed by atoms with van der Waals surface area (Å²) in [7, 11) is 0. The van der Waals surface area contributed by atoms with Crippen molar-refractivity contribution in [3.63, 3.8) is 0 Å². The summed E-state index contributed by atoms with van der Waals surface area (Å²) >= 11 is 0. The predicted octanol–water partition coefficient (Wildman–Crippen LogP) is 9.09. The Bertz CT molecular complexity index is 2340. The second kappa shape index (κ2) is 12.0. The number of hydrogen-bond acceptors (Lipinski definition) is 0. The maximum Gasteiger partial charge on any atom is 0.255 e. The molecule has 6 rings (SSSR count). The van der Waals surface area contributed by atoms with Crippen molar-refractivity contribution in [2.24, 2.45) is 0 Å². The maximum atomic E-state index is 16.3. The minimum Gasteiger partial charge on any atom is -0.204 e. The highest BCUT2D eigenvalue weighted by atomic mass is 19.2. The lowest BCUT2D eigenvalue weighted by Gasteiger charge is -2.26. The minimum atomic E-state index is -3.90. The van der Waals surface area contributed by atoms with Crippen molar-refractivity contribution in [1.82, 2.24) is 0 Å². The van der Waals surface area contributed by atoms with E-state index in [0.717, 1.165) is 0 Å². The first-order chi connectivity index (χ1) is 24.1. The molecule has 52 heavy (non-hydrogen) atoms. The first-order valence-electron chi connectivity index (χ1n) is 14.0. The first kappa shape index (κ1) is 36.7. The molecule has 0 amide bonds. The molecule has 0 atom stereocenters. The summed E-state index contributed by atoms with van der Waals surface area (Å²) in [6, 6.07) is 0. The minimum absolute atomic E-state index is 0.392. The van der Waals surface area contributed by atoms with Gasteiger partial charge in [-0.1, -0.05) is 0 Å². The third-order valence-corrected chi connectivity index (χ3v) is 8.88. The van der Waals surface area contributed by atoms with Crippen LogP contribution in [0.25, 0.3) is 32.3 Å². The molecule has 0 aliphatic heterocycles. The molecule has 6 aromatic rings. The first-order valence-corrected chi connectivity index (χ1v) is 14.0. The molecule has 0 aliphatic carbocycles. The third kappa shape index (κ3) is 4.49. The molecule has 0 N–H and O–H groups in total. The quantitative estimate of drug-likeness (QED) is 0.0732. The topological polar surface area (TPSA) is 0 Å². The highest BCUT2D eigenvalue weighted by Gasteiger charge is 2.44. The van der Waals surface area contributed by atoms with E-state index in [1.807, 2.05) is 0 Å². The van der Waals surface area contributed by atoms with E-state index in [0.29, 0.717) is 20.8 Å². The third-order valence-electron chi connectivity index (χ3n) is 8.88. The van der Waals surface area contributed by atoms with Gasteiger partial charge in [-0.25, -0.2) is 79.0 Å². The van der Waals surface area contributed by atoms with Gasteiger partial charge in [-0.15, -0.1) is 0 Å². The molecule has 0 radical (unpaired) electrons. The van der Waals surface area contributed by atoms with E-state index in [4.69, 9.17) is 0 Å². The molecule has 0 aromatic heterocycles. The fraction of sp³-hybridized carbons (Fsp3) is 0.0909. The van der Waals surface area contributed by atoms with Crippen LogP contribution in [-0.2, 0) is 0 Å². The highest BCUT2D eigenvalue weighted by Crippen LogP contribution is 2.37. The molecule has 0 unspecified atom stereocenters. The summed E-state index contributed by atoms with van der Waals surface area (Å²) < 4.78 is 276. The van der Waals surface area contributed by atoms with Gasteiger partial charge in [0.05, 0.1) is 0 Å². The summed E-state index contributed by atoms with van der Waals surface area (Å²) in [5.74, 6) is -48.8. The standard InChI is InChI=1S/C33H9BF18/c1-4-7-10(22(41)31(50)28(47)19(7)38)13(25(44)16(4)35)34(14-11-8(5(2)17(36)26(14)45)20(39)29(48)32(51)23(11)42)15-12-9(6(3)18(37)27(15)46)21(40)30(49)33(52)24(12)43/h1-3H3. The Balaban J connectivity index is 2.10. The Labute approximate surface area is 276 Å². The Kier molecular flexibility index (Phi) is 8.45. The predicted molar refractivity (Wildman–Crippen MR) is 150 cm³/mol. The lowest BCUT2D eigenvalue weighted by atomic mass is 9.34. The highest BCUT2D eigenvalue weighted by molar-refractivity contribution is 6.99. The molecule has 0 aliphatic rings. The van der Waals surface area contributed by atoms with Gasteiger partial charge in [0.2, 0.25) is 0 Å². The van der Waals surface area contributed by atoms with Crippen LogP contribution in [0.15, 0.2) is 0 Å². The molecule has 0 saturated carbocycles. The number of hydrogen-bond donors (Lipinski definition) is 0. The summed E-state index contributed by atoms with van der Waals surface area (Å²) in [4.78, 5) is 0. The van der Waals surface area contributed by atoms with Crippen LogP contribution >= 0.6 is 0 Å². The van der Waals surface area contributed by atoms with E-state index >= 15 is 52.7 Å². The molecule has 0 spiro atoms. The number of benzene rings is 6. The van der Waals surface area contributed by atoms with Crippen LogP contribution in [0, 0.1) is 125 Å². The smallest absolute Gasteiger partial charge is 0.204 e. The zero-order valence-corrected chi connectivity index (χ0v) is 25.4. The normalized spacial score (nSPS) is 11.9. The number of halogens is 18. The van der Waals surface area contributed by atoms with Crippen LogP contribution in [-0.4, -0.2) is 6.71 Å². The van der Waals surface area contributed by atoms with Crippen LogP contribution < -0.4 is 16.4 Å². The molecule has 0 nitrogen and oxygen atoms in total. The van der Waals surface area contributed by atoms with Gasteiger partial charge in [-0.3, -0.25) is 0 Å². The van der Waals surface area contributed by atoms with Gasteiger partial charge in [-0.05, 0) is 53.8 Å². The van der Waals surface area contributed by atoms with Crippen molar-refractivity contribution >= 4 is 55.4 Å². The Morgan fingerprint density at radius 2 is 0.385 bits per heavy atom. The van der Waals surface area contributed by atoms with E-state index in [-0.39, 0.29) is 0 Å². The second-order valence-electron chi connectivity index (χ2n) is 11.5. The van der Waals surface area contributed by atoms with Crippen LogP contribution in [0.1, 0.15) is 16.7 Å². The van der Waals surface area contributed by atoms with Crippen molar-refractivity contribution in [3.8, 4) is 0 Å². The number of aryl methyl sites for hydroxylation is 3. The summed E-state index contributed by atoms with van der Waals surface area (Å²) in [5, 5.41) is -12.0. The monoisotopic (exact) mass is 758 g/mol. The fourth-order valence-corrected chi connectivity index (χ4v) is 6.46.